The summed E-state index contributed by atoms with van der Waals surface area (Å²) < 4.78 is 18.3. The Morgan fingerprint density at radius 2 is 1.76 bits per heavy atom. The van der Waals surface area contributed by atoms with Crippen molar-refractivity contribution in [2.45, 2.75) is 116 Å². The van der Waals surface area contributed by atoms with Gasteiger partial charge in [0.05, 0.1) is 6.42 Å². The number of carbonyl (C=O) groups is 4. The van der Waals surface area contributed by atoms with E-state index in [1.807, 2.05) is 27.7 Å². The summed E-state index contributed by atoms with van der Waals surface area (Å²) in [6, 6.07) is -2.13. The SMILES string of the molecule is CC(C)C[C@H](NC(=O)CCC(=O)O[C@@H]1O[C@H]2O[C@@]3(C)CC[C@H]4[C@H](C)CC[C@H]([C@@H]1C)[C@@]24OO3)C(=O)N[C@H](CS)C(=O)O. The van der Waals surface area contributed by atoms with Gasteiger partial charge in [-0.1, -0.05) is 27.7 Å². The first kappa shape index (κ1) is 32.0. The van der Waals surface area contributed by atoms with Crippen molar-refractivity contribution in [2.75, 3.05) is 5.75 Å². The second-order valence-electron chi connectivity index (χ2n) is 12.6. The van der Waals surface area contributed by atoms with Gasteiger partial charge >= 0.3 is 11.9 Å². The van der Waals surface area contributed by atoms with Crippen LogP contribution in [-0.2, 0) is 43.2 Å². The summed E-state index contributed by atoms with van der Waals surface area (Å²) in [5, 5.41) is 14.2. The highest BCUT2D eigenvalue weighted by atomic mass is 32.1. The van der Waals surface area contributed by atoms with Crippen molar-refractivity contribution < 1.29 is 48.3 Å². The molecule has 0 unspecified atom stereocenters. The van der Waals surface area contributed by atoms with Crippen molar-refractivity contribution in [3.05, 3.63) is 0 Å². The Kier molecular flexibility index (Phi) is 9.94. The number of fused-ring (bicyclic) bond motifs is 2. The number of esters is 1. The number of aliphatic carboxylic acids is 1. The molecule has 0 aromatic carbocycles. The summed E-state index contributed by atoms with van der Waals surface area (Å²) in [5.41, 5.74) is -0.769. The predicted molar refractivity (Wildman–Crippen MR) is 147 cm³/mol. The number of ether oxygens (including phenoxy) is 3. The number of rotatable bonds is 11. The fourth-order valence-electron chi connectivity index (χ4n) is 6.84. The minimum atomic E-state index is -1.22. The Morgan fingerprint density at radius 1 is 1.02 bits per heavy atom. The van der Waals surface area contributed by atoms with Gasteiger partial charge in [-0.25, -0.2) is 14.6 Å². The van der Waals surface area contributed by atoms with Crippen LogP contribution in [0.3, 0.4) is 0 Å². The lowest BCUT2D eigenvalue weighted by Crippen LogP contribution is -2.70. The van der Waals surface area contributed by atoms with Crippen LogP contribution in [0.2, 0.25) is 0 Å². The zero-order valence-electron chi connectivity index (χ0n) is 24.4. The fraction of sp³-hybridized carbons (Fsp3) is 0.857. The van der Waals surface area contributed by atoms with Gasteiger partial charge < -0.3 is 30.0 Å². The van der Waals surface area contributed by atoms with Gasteiger partial charge in [0.1, 0.15) is 12.1 Å². The second kappa shape index (κ2) is 12.7. The summed E-state index contributed by atoms with van der Waals surface area (Å²) in [4.78, 5) is 61.4. The molecule has 1 aliphatic carbocycles. The summed E-state index contributed by atoms with van der Waals surface area (Å²) in [7, 11) is 0. The third-order valence-corrected chi connectivity index (χ3v) is 9.42. The van der Waals surface area contributed by atoms with Gasteiger partial charge in [0.2, 0.25) is 23.9 Å². The normalized spacial score (nSPS) is 37.3. The number of carboxylic acid groups (broad SMARTS) is 1. The van der Waals surface area contributed by atoms with E-state index in [1.54, 1.807) is 0 Å². The van der Waals surface area contributed by atoms with Crippen LogP contribution in [-0.4, -0.2) is 70.7 Å². The predicted octanol–water partition coefficient (Wildman–Crippen LogP) is 2.55. The average Bonchev–Trinajstić information content (AvgIpc) is 3.13. The van der Waals surface area contributed by atoms with Crippen LogP contribution >= 0.6 is 12.6 Å². The lowest BCUT2D eigenvalue weighted by atomic mass is 9.58. The molecular formula is C28H44N2O10S. The molecule has 5 fully saturated rings. The molecule has 4 heterocycles. The highest BCUT2D eigenvalue weighted by molar-refractivity contribution is 7.80. The zero-order valence-corrected chi connectivity index (χ0v) is 25.3. The molecule has 4 aliphatic heterocycles. The minimum absolute atomic E-state index is 0.00612. The van der Waals surface area contributed by atoms with Gasteiger partial charge in [0.25, 0.3) is 0 Å². The largest absolute Gasteiger partial charge is 0.480 e. The van der Waals surface area contributed by atoms with Crippen LogP contribution in [0.5, 0.6) is 0 Å². The standard InChI is InChI=1S/C28H44N2O10S/c1-14(2)12-19(23(33)30-20(13-41)24(34)35)29-21(31)8-9-22(32)36-25-16(4)18-7-6-15(3)17-10-11-27(5)38-26(37-25)28(17,18)40-39-27/h14-20,25-26,41H,6-13H2,1-5H3,(H,29,31)(H,30,33)(H,34,35)/t15-,16+,17+,18-,19+,20-,25-,26+,27-,28-/m1/s1. The maximum atomic E-state index is 12.9. The van der Waals surface area contributed by atoms with Crippen molar-refractivity contribution in [1.29, 1.82) is 0 Å². The summed E-state index contributed by atoms with van der Waals surface area (Å²) in [5.74, 6) is -3.57. The molecule has 1 spiro atoms. The molecule has 5 aliphatic rings. The van der Waals surface area contributed by atoms with E-state index in [0.29, 0.717) is 18.8 Å². The number of hydrogen-bond acceptors (Lipinski definition) is 10. The maximum absolute atomic E-state index is 12.9. The quantitative estimate of drug-likeness (QED) is 0.158. The molecule has 3 N–H and O–H groups in total. The summed E-state index contributed by atoms with van der Waals surface area (Å²) in [6.45, 7) is 9.77. The van der Waals surface area contributed by atoms with E-state index in [9.17, 15) is 24.3 Å². The van der Waals surface area contributed by atoms with Gasteiger partial charge in [-0.3, -0.25) is 14.4 Å². The number of amides is 2. The molecule has 4 saturated heterocycles. The monoisotopic (exact) mass is 600 g/mol. The Bertz CT molecular complexity index is 1010. The molecule has 2 bridgehead atoms. The Labute approximate surface area is 246 Å². The number of hydrogen-bond donors (Lipinski definition) is 4. The van der Waals surface area contributed by atoms with Gasteiger partial charge in [0.15, 0.2) is 11.9 Å². The van der Waals surface area contributed by atoms with Crippen LogP contribution in [0.1, 0.15) is 79.6 Å². The molecule has 0 aromatic rings. The third-order valence-electron chi connectivity index (χ3n) is 9.06. The zero-order chi connectivity index (χ0) is 30.1. The average molecular weight is 601 g/mol. The lowest BCUT2D eigenvalue weighted by molar-refractivity contribution is -0.576. The van der Waals surface area contributed by atoms with Crippen LogP contribution in [0.25, 0.3) is 0 Å². The Hall–Kier alpha value is -1.93. The molecular weight excluding hydrogens is 556 g/mol. The molecule has 0 aromatic heterocycles. The molecule has 41 heavy (non-hydrogen) atoms. The molecule has 5 rings (SSSR count). The molecule has 232 valence electrons. The van der Waals surface area contributed by atoms with Crippen molar-refractivity contribution in [1.82, 2.24) is 10.6 Å². The molecule has 12 nitrogen and oxygen atoms in total. The van der Waals surface area contributed by atoms with Crippen molar-refractivity contribution in [3.8, 4) is 0 Å². The van der Waals surface area contributed by atoms with Crippen molar-refractivity contribution in [2.24, 2.45) is 29.6 Å². The van der Waals surface area contributed by atoms with E-state index >= 15 is 0 Å². The van der Waals surface area contributed by atoms with E-state index in [0.717, 1.165) is 19.3 Å². The van der Waals surface area contributed by atoms with E-state index in [-0.39, 0.29) is 42.3 Å². The van der Waals surface area contributed by atoms with E-state index in [4.69, 9.17) is 24.0 Å². The molecule has 10 atom stereocenters. The Morgan fingerprint density at radius 3 is 2.41 bits per heavy atom. The van der Waals surface area contributed by atoms with Gasteiger partial charge in [-0.15, -0.1) is 0 Å². The Balaban J connectivity index is 1.35. The number of thiol groups is 1. The fourth-order valence-corrected chi connectivity index (χ4v) is 7.09. The molecule has 0 radical (unpaired) electrons. The van der Waals surface area contributed by atoms with Gasteiger partial charge in [-0.05, 0) is 50.4 Å². The number of nitrogens with one attached hydrogen (secondary N) is 2. The van der Waals surface area contributed by atoms with Crippen LogP contribution < -0.4 is 10.6 Å². The van der Waals surface area contributed by atoms with Crippen LogP contribution in [0, 0.1) is 29.6 Å². The van der Waals surface area contributed by atoms with Crippen molar-refractivity contribution in [3.63, 3.8) is 0 Å². The smallest absolute Gasteiger partial charge is 0.327 e. The minimum Gasteiger partial charge on any atom is -0.480 e. The summed E-state index contributed by atoms with van der Waals surface area (Å²) >= 11 is 3.96. The summed E-state index contributed by atoms with van der Waals surface area (Å²) in [6.07, 6.45) is 1.67. The van der Waals surface area contributed by atoms with Crippen LogP contribution in [0.4, 0.5) is 0 Å². The van der Waals surface area contributed by atoms with E-state index in [1.165, 1.54) is 0 Å². The highest BCUT2D eigenvalue weighted by Crippen LogP contribution is 2.60. The molecule has 2 amide bonds. The molecule has 13 heteroatoms. The maximum Gasteiger partial charge on any atom is 0.327 e. The number of carbonyl (C=O) groups excluding carboxylic acids is 3. The first-order valence-electron chi connectivity index (χ1n) is 14.6. The van der Waals surface area contributed by atoms with E-state index in [2.05, 4.69) is 30.2 Å². The third kappa shape index (κ3) is 6.69. The lowest BCUT2D eigenvalue weighted by Gasteiger charge is -2.59. The van der Waals surface area contributed by atoms with Crippen LogP contribution in [0.15, 0.2) is 0 Å². The molecule has 1 saturated carbocycles. The van der Waals surface area contributed by atoms with Crippen molar-refractivity contribution >= 4 is 36.4 Å². The van der Waals surface area contributed by atoms with E-state index < -0.39 is 59.8 Å². The number of carboxylic acids is 1. The first-order valence-corrected chi connectivity index (χ1v) is 15.3. The van der Waals surface area contributed by atoms with Gasteiger partial charge in [-0.2, -0.15) is 12.6 Å². The second-order valence-corrected chi connectivity index (χ2v) is 13.0. The topological polar surface area (TPSA) is 159 Å². The highest BCUT2D eigenvalue weighted by Gasteiger charge is 2.69. The first-order chi connectivity index (χ1) is 19.3. The van der Waals surface area contributed by atoms with Gasteiger partial charge in [0, 0.05) is 30.4 Å².